The van der Waals surface area contributed by atoms with Gasteiger partial charge in [0.05, 0.1) is 0 Å². The molecule has 0 spiro atoms. The Bertz CT molecular complexity index is 504. The Morgan fingerprint density at radius 1 is 1.00 bits per heavy atom. The van der Waals surface area contributed by atoms with Crippen LogP contribution in [0, 0.1) is 0 Å². The molecule has 108 valence electrons. The zero-order chi connectivity index (χ0) is 13.9. The topological polar surface area (TPSA) is 71.1 Å². The average molecular weight is 293 g/mol. The summed E-state index contributed by atoms with van der Waals surface area (Å²) in [7, 11) is 0. The molecule has 1 aromatic rings. The fourth-order valence-electron chi connectivity index (χ4n) is 2.46. The van der Waals surface area contributed by atoms with Gasteiger partial charge in [-0.1, -0.05) is 19.3 Å². The lowest BCUT2D eigenvalue weighted by molar-refractivity contribution is 0.0923. The van der Waals surface area contributed by atoms with E-state index in [1.165, 1.54) is 30.6 Å². The number of rotatable bonds is 4. The molecule has 2 aliphatic rings. The second-order valence-electron chi connectivity index (χ2n) is 5.59. The van der Waals surface area contributed by atoms with Crippen LogP contribution in [0.2, 0.25) is 0 Å². The molecule has 1 heterocycles. The monoisotopic (exact) mass is 293 g/mol. The molecule has 2 amide bonds. The van der Waals surface area contributed by atoms with Crippen molar-refractivity contribution in [3.63, 3.8) is 0 Å². The number of carbonyl (C=O) groups excluding carboxylic acids is 2. The van der Waals surface area contributed by atoms with Gasteiger partial charge in [-0.3, -0.25) is 9.59 Å². The minimum Gasteiger partial charge on any atom is -0.348 e. The Morgan fingerprint density at radius 2 is 1.65 bits per heavy atom. The zero-order valence-corrected chi connectivity index (χ0v) is 12.2. The molecule has 0 saturated heterocycles. The number of nitrogens with zero attached hydrogens (tertiary/aromatic N) is 1. The first-order valence-corrected chi connectivity index (χ1v) is 8.17. The molecular weight excluding hydrogens is 274 g/mol. The van der Waals surface area contributed by atoms with E-state index in [1.807, 2.05) is 0 Å². The largest absolute Gasteiger partial charge is 0.348 e. The predicted molar refractivity (Wildman–Crippen MR) is 76.9 cm³/mol. The highest BCUT2D eigenvalue weighted by Crippen LogP contribution is 2.21. The summed E-state index contributed by atoms with van der Waals surface area (Å²) < 4.78 is 0. The average Bonchev–Trinajstić information content (AvgIpc) is 3.12. The van der Waals surface area contributed by atoms with Crippen molar-refractivity contribution >= 4 is 23.2 Å². The van der Waals surface area contributed by atoms with Crippen LogP contribution in [0.4, 0.5) is 0 Å². The van der Waals surface area contributed by atoms with Gasteiger partial charge in [-0.2, -0.15) is 0 Å². The molecular formula is C14H19N3O2S. The van der Waals surface area contributed by atoms with Gasteiger partial charge in [-0.15, -0.1) is 11.3 Å². The Labute approximate surface area is 122 Å². The third-order valence-electron chi connectivity index (χ3n) is 3.78. The summed E-state index contributed by atoms with van der Waals surface area (Å²) in [5.41, 5.74) is 0.363. The van der Waals surface area contributed by atoms with Crippen LogP contribution in [0.25, 0.3) is 0 Å². The van der Waals surface area contributed by atoms with E-state index in [4.69, 9.17) is 0 Å². The van der Waals surface area contributed by atoms with Gasteiger partial charge in [-0.25, -0.2) is 4.98 Å². The molecule has 1 aromatic heterocycles. The van der Waals surface area contributed by atoms with E-state index in [9.17, 15) is 9.59 Å². The van der Waals surface area contributed by atoms with E-state index in [0.717, 1.165) is 25.7 Å². The van der Waals surface area contributed by atoms with Crippen molar-refractivity contribution in [2.75, 3.05) is 0 Å². The van der Waals surface area contributed by atoms with Gasteiger partial charge < -0.3 is 10.6 Å². The second-order valence-corrected chi connectivity index (χ2v) is 6.45. The number of hydrogen-bond acceptors (Lipinski definition) is 4. The Hall–Kier alpha value is -1.43. The molecule has 6 heteroatoms. The van der Waals surface area contributed by atoms with Crippen molar-refractivity contribution in [2.45, 2.75) is 57.0 Å². The summed E-state index contributed by atoms with van der Waals surface area (Å²) >= 11 is 1.23. The van der Waals surface area contributed by atoms with Crippen LogP contribution < -0.4 is 10.6 Å². The van der Waals surface area contributed by atoms with Crippen molar-refractivity contribution in [1.82, 2.24) is 15.6 Å². The molecule has 0 atom stereocenters. The fraction of sp³-hybridized carbons (Fsp3) is 0.643. The van der Waals surface area contributed by atoms with Crippen LogP contribution in [-0.4, -0.2) is 28.9 Å². The molecule has 2 aliphatic carbocycles. The third kappa shape index (κ3) is 3.36. The molecule has 20 heavy (non-hydrogen) atoms. The summed E-state index contributed by atoms with van der Waals surface area (Å²) in [5, 5.41) is 7.94. The summed E-state index contributed by atoms with van der Waals surface area (Å²) in [4.78, 5) is 28.1. The number of thiazole rings is 1. The summed E-state index contributed by atoms with van der Waals surface area (Å²) in [5.74, 6) is -0.312. The lowest BCUT2D eigenvalue weighted by Gasteiger charge is -2.22. The first kappa shape index (κ1) is 13.5. The molecule has 2 saturated carbocycles. The Morgan fingerprint density at radius 3 is 2.35 bits per heavy atom. The number of aromatic nitrogens is 1. The second kappa shape index (κ2) is 5.91. The first-order chi connectivity index (χ1) is 9.72. The van der Waals surface area contributed by atoms with Crippen molar-refractivity contribution in [2.24, 2.45) is 0 Å². The summed E-state index contributed by atoms with van der Waals surface area (Å²) in [6, 6.07) is 0.576. The van der Waals surface area contributed by atoms with E-state index in [-0.39, 0.29) is 17.9 Å². The highest BCUT2D eigenvalue weighted by Gasteiger charge is 2.26. The van der Waals surface area contributed by atoms with Crippen LogP contribution in [0.3, 0.4) is 0 Å². The maximum Gasteiger partial charge on any atom is 0.280 e. The van der Waals surface area contributed by atoms with Gasteiger partial charge in [-0.05, 0) is 25.7 Å². The van der Waals surface area contributed by atoms with E-state index in [1.54, 1.807) is 5.38 Å². The van der Waals surface area contributed by atoms with Gasteiger partial charge in [0.25, 0.3) is 11.8 Å². The molecule has 0 aromatic carbocycles. The quantitative estimate of drug-likeness (QED) is 0.893. The van der Waals surface area contributed by atoms with E-state index in [0.29, 0.717) is 16.7 Å². The van der Waals surface area contributed by atoms with Gasteiger partial charge in [0.2, 0.25) is 0 Å². The van der Waals surface area contributed by atoms with E-state index in [2.05, 4.69) is 15.6 Å². The van der Waals surface area contributed by atoms with Gasteiger partial charge in [0.1, 0.15) is 5.69 Å². The van der Waals surface area contributed by atoms with Crippen LogP contribution in [0.15, 0.2) is 5.38 Å². The molecule has 0 aliphatic heterocycles. The standard InChI is InChI=1S/C14H19N3O2S/c18-12(15-9-4-2-1-3-5-9)11-8-20-14(17-11)13(19)16-10-6-7-10/h8-10H,1-7H2,(H,15,18)(H,16,19). The molecule has 2 fully saturated rings. The molecule has 0 unspecified atom stereocenters. The van der Waals surface area contributed by atoms with Gasteiger partial charge in [0, 0.05) is 17.5 Å². The zero-order valence-electron chi connectivity index (χ0n) is 11.4. The van der Waals surface area contributed by atoms with Crippen LogP contribution in [-0.2, 0) is 0 Å². The molecule has 2 N–H and O–H groups in total. The van der Waals surface area contributed by atoms with Crippen molar-refractivity contribution in [3.8, 4) is 0 Å². The number of nitrogens with one attached hydrogen (secondary N) is 2. The maximum atomic E-state index is 12.1. The minimum absolute atomic E-state index is 0.154. The van der Waals surface area contributed by atoms with Gasteiger partial charge >= 0.3 is 0 Å². The molecule has 3 rings (SSSR count). The molecule has 5 nitrogen and oxygen atoms in total. The summed E-state index contributed by atoms with van der Waals surface area (Å²) in [6.07, 6.45) is 7.80. The maximum absolute atomic E-state index is 12.1. The van der Waals surface area contributed by atoms with E-state index < -0.39 is 0 Å². The number of amides is 2. The SMILES string of the molecule is O=C(NC1CCCCC1)c1csc(C(=O)NC2CC2)n1. The summed E-state index contributed by atoms with van der Waals surface area (Å²) in [6.45, 7) is 0. The predicted octanol–water partition coefficient (Wildman–Crippen LogP) is 2.10. The molecule has 0 bridgehead atoms. The van der Waals surface area contributed by atoms with E-state index >= 15 is 0 Å². The van der Waals surface area contributed by atoms with Crippen molar-refractivity contribution in [3.05, 3.63) is 16.1 Å². The van der Waals surface area contributed by atoms with Crippen LogP contribution in [0.1, 0.15) is 65.2 Å². The number of hydrogen-bond donors (Lipinski definition) is 2. The number of carbonyl (C=O) groups is 2. The molecule has 0 radical (unpaired) electrons. The van der Waals surface area contributed by atoms with Crippen molar-refractivity contribution in [1.29, 1.82) is 0 Å². The van der Waals surface area contributed by atoms with Gasteiger partial charge in [0.15, 0.2) is 5.01 Å². The smallest absolute Gasteiger partial charge is 0.280 e. The normalized spacial score (nSPS) is 19.6. The van der Waals surface area contributed by atoms with Crippen molar-refractivity contribution < 1.29 is 9.59 Å². The van der Waals surface area contributed by atoms with Crippen LogP contribution >= 0.6 is 11.3 Å². The van der Waals surface area contributed by atoms with Crippen LogP contribution in [0.5, 0.6) is 0 Å². The highest BCUT2D eigenvalue weighted by molar-refractivity contribution is 7.11. The Kier molecular flexibility index (Phi) is 4.00. The highest BCUT2D eigenvalue weighted by atomic mass is 32.1. The lowest BCUT2D eigenvalue weighted by atomic mass is 9.95. The lowest BCUT2D eigenvalue weighted by Crippen LogP contribution is -2.36. The Balaban J connectivity index is 1.57. The third-order valence-corrected chi connectivity index (χ3v) is 4.63. The minimum atomic E-state index is -0.158. The fourth-order valence-corrected chi connectivity index (χ4v) is 3.16. The first-order valence-electron chi connectivity index (χ1n) is 7.29.